The van der Waals surface area contributed by atoms with Crippen LogP contribution in [-0.4, -0.2) is 58.3 Å². The predicted octanol–water partition coefficient (Wildman–Crippen LogP) is 2.25. The standard InChI is InChI=1S/C21H26ClN3O4S/c1-30(27,28)25(20-8-3-2-7-19(20)22)16-21(26)23-14-17-5-4-6-18(13-17)15-24-9-11-29-12-10-24/h2-8,13H,9-12,14-16H2,1H3,(H,23,26). The van der Waals surface area contributed by atoms with Gasteiger partial charge >= 0.3 is 0 Å². The number of nitrogens with zero attached hydrogens (tertiary/aromatic N) is 2. The normalized spacial score (nSPS) is 15.0. The molecule has 0 aromatic heterocycles. The van der Waals surface area contributed by atoms with Crippen molar-refractivity contribution in [3.63, 3.8) is 0 Å². The summed E-state index contributed by atoms with van der Waals surface area (Å²) in [7, 11) is -3.67. The highest BCUT2D eigenvalue weighted by Crippen LogP contribution is 2.26. The molecule has 0 unspecified atom stereocenters. The number of hydrogen-bond acceptors (Lipinski definition) is 5. The number of morpholine rings is 1. The molecule has 1 N–H and O–H groups in total. The quantitative estimate of drug-likeness (QED) is 0.666. The zero-order chi connectivity index (χ0) is 21.6. The maximum absolute atomic E-state index is 12.5. The van der Waals surface area contributed by atoms with E-state index in [9.17, 15) is 13.2 Å². The molecule has 2 aromatic carbocycles. The van der Waals surface area contributed by atoms with Gasteiger partial charge in [0, 0.05) is 26.2 Å². The number of hydrogen-bond donors (Lipinski definition) is 1. The van der Waals surface area contributed by atoms with Crippen LogP contribution in [0.5, 0.6) is 0 Å². The van der Waals surface area contributed by atoms with E-state index in [1.807, 2.05) is 12.1 Å². The second-order valence-corrected chi connectivity index (χ2v) is 9.52. The maximum atomic E-state index is 12.5. The molecular weight excluding hydrogens is 426 g/mol. The Kier molecular flexibility index (Phi) is 7.71. The number of nitrogens with one attached hydrogen (secondary N) is 1. The first kappa shape index (κ1) is 22.6. The lowest BCUT2D eigenvalue weighted by Crippen LogP contribution is -2.40. The van der Waals surface area contributed by atoms with Gasteiger partial charge in [-0.3, -0.25) is 14.0 Å². The van der Waals surface area contributed by atoms with E-state index in [-0.39, 0.29) is 17.3 Å². The highest BCUT2D eigenvalue weighted by Gasteiger charge is 2.22. The van der Waals surface area contributed by atoms with Gasteiger partial charge in [0.25, 0.3) is 0 Å². The van der Waals surface area contributed by atoms with E-state index in [0.29, 0.717) is 6.54 Å². The molecule has 1 heterocycles. The average molecular weight is 452 g/mol. The number of carbonyl (C=O) groups is 1. The number of sulfonamides is 1. The summed E-state index contributed by atoms with van der Waals surface area (Å²) in [4.78, 5) is 14.8. The predicted molar refractivity (Wildman–Crippen MR) is 118 cm³/mol. The minimum absolute atomic E-state index is 0.270. The first-order chi connectivity index (χ1) is 14.3. The van der Waals surface area contributed by atoms with E-state index in [0.717, 1.165) is 54.5 Å². The van der Waals surface area contributed by atoms with E-state index >= 15 is 0 Å². The van der Waals surface area contributed by atoms with Crippen LogP contribution in [0.15, 0.2) is 48.5 Å². The van der Waals surface area contributed by atoms with Crippen molar-refractivity contribution >= 4 is 33.2 Å². The highest BCUT2D eigenvalue weighted by atomic mass is 35.5. The van der Waals surface area contributed by atoms with Gasteiger partial charge in [-0.25, -0.2) is 8.42 Å². The van der Waals surface area contributed by atoms with E-state index in [1.54, 1.807) is 24.3 Å². The molecule has 0 atom stereocenters. The van der Waals surface area contributed by atoms with E-state index in [1.165, 1.54) is 0 Å². The first-order valence-corrected chi connectivity index (χ1v) is 11.9. The van der Waals surface area contributed by atoms with Crippen LogP contribution in [0.1, 0.15) is 11.1 Å². The highest BCUT2D eigenvalue weighted by molar-refractivity contribution is 7.92. The fourth-order valence-electron chi connectivity index (χ4n) is 3.28. The summed E-state index contributed by atoms with van der Waals surface area (Å²) < 4.78 is 30.8. The number of benzene rings is 2. The minimum atomic E-state index is -3.67. The lowest BCUT2D eigenvalue weighted by atomic mass is 10.1. The van der Waals surface area contributed by atoms with Crippen LogP contribution in [0.25, 0.3) is 0 Å². The molecule has 0 spiro atoms. The molecule has 2 aromatic rings. The van der Waals surface area contributed by atoms with Crippen LogP contribution in [0.3, 0.4) is 0 Å². The Labute approximate surface area is 182 Å². The zero-order valence-corrected chi connectivity index (χ0v) is 18.5. The van der Waals surface area contributed by atoms with Gasteiger partial charge in [-0.05, 0) is 23.3 Å². The number of halogens is 1. The number of amides is 1. The van der Waals surface area contributed by atoms with E-state index in [4.69, 9.17) is 16.3 Å². The van der Waals surface area contributed by atoms with Gasteiger partial charge in [0.15, 0.2) is 0 Å². The molecule has 1 aliphatic rings. The topological polar surface area (TPSA) is 79.0 Å². The Morgan fingerprint density at radius 1 is 1.13 bits per heavy atom. The van der Waals surface area contributed by atoms with E-state index in [2.05, 4.69) is 22.3 Å². The summed E-state index contributed by atoms with van der Waals surface area (Å²) in [6.07, 6.45) is 1.05. The van der Waals surface area contributed by atoms with Crippen molar-refractivity contribution < 1.29 is 17.9 Å². The summed E-state index contributed by atoms with van der Waals surface area (Å²) in [5, 5.41) is 3.07. The third-order valence-corrected chi connectivity index (χ3v) is 6.25. The van der Waals surface area contributed by atoms with Crippen molar-refractivity contribution in [2.45, 2.75) is 13.1 Å². The van der Waals surface area contributed by atoms with E-state index < -0.39 is 15.9 Å². The van der Waals surface area contributed by atoms with Crippen molar-refractivity contribution in [1.82, 2.24) is 10.2 Å². The van der Waals surface area contributed by atoms with Crippen molar-refractivity contribution in [3.05, 3.63) is 64.7 Å². The molecular formula is C21H26ClN3O4S. The fraction of sp³-hybridized carbons (Fsp3) is 0.381. The molecule has 1 saturated heterocycles. The lowest BCUT2D eigenvalue weighted by Gasteiger charge is -2.26. The number of carbonyl (C=O) groups excluding carboxylic acids is 1. The molecule has 0 aliphatic carbocycles. The van der Waals surface area contributed by atoms with Crippen LogP contribution in [0.2, 0.25) is 5.02 Å². The maximum Gasteiger partial charge on any atom is 0.241 e. The molecule has 3 rings (SSSR count). The van der Waals surface area contributed by atoms with Crippen molar-refractivity contribution in [2.75, 3.05) is 43.4 Å². The molecule has 9 heteroatoms. The molecule has 7 nitrogen and oxygen atoms in total. The van der Waals surface area contributed by atoms with Crippen molar-refractivity contribution in [3.8, 4) is 0 Å². The molecule has 162 valence electrons. The summed E-state index contributed by atoms with van der Waals surface area (Å²) in [5.74, 6) is -0.404. The largest absolute Gasteiger partial charge is 0.379 e. The number of anilines is 1. The third kappa shape index (κ3) is 6.43. The first-order valence-electron chi connectivity index (χ1n) is 9.70. The van der Waals surface area contributed by atoms with Gasteiger partial charge in [0.2, 0.25) is 15.9 Å². The van der Waals surface area contributed by atoms with Gasteiger partial charge in [-0.1, -0.05) is 48.0 Å². The van der Waals surface area contributed by atoms with Gasteiger partial charge in [-0.15, -0.1) is 0 Å². The Bertz CT molecular complexity index is 978. The van der Waals surface area contributed by atoms with Crippen LogP contribution in [-0.2, 0) is 32.6 Å². The molecule has 0 radical (unpaired) electrons. The summed E-state index contributed by atoms with van der Waals surface area (Å²) in [5.41, 5.74) is 2.40. The summed E-state index contributed by atoms with van der Waals surface area (Å²) in [6, 6.07) is 14.6. The molecule has 30 heavy (non-hydrogen) atoms. The monoisotopic (exact) mass is 451 g/mol. The SMILES string of the molecule is CS(=O)(=O)N(CC(=O)NCc1cccc(CN2CCOCC2)c1)c1ccccc1Cl. The number of para-hydroxylation sites is 1. The molecule has 0 saturated carbocycles. The Balaban J connectivity index is 1.60. The van der Waals surface area contributed by atoms with Gasteiger partial charge in [0.1, 0.15) is 6.54 Å². The molecule has 0 bridgehead atoms. The average Bonchev–Trinajstić information content (AvgIpc) is 2.71. The summed E-state index contributed by atoms with van der Waals surface area (Å²) in [6.45, 7) is 4.12. The number of rotatable bonds is 8. The molecule has 1 aliphatic heterocycles. The Morgan fingerprint density at radius 3 is 2.53 bits per heavy atom. The van der Waals surface area contributed by atoms with Gasteiger partial charge in [0.05, 0.1) is 30.2 Å². The Morgan fingerprint density at radius 2 is 1.83 bits per heavy atom. The lowest BCUT2D eigenvalue weighted by molar-refractivity contribution is -0.119. The van der Waals surface area contributed by atoms with Crippen LogP contribution in [0.4, 0.5) is 5.69 Å². The van der Waals surface area contributed by atoms with Gasteiger partial charge < -0.3 is 10.1 Å². The minimum Gasteiger partial charge on any atom is -0.379 e. The fourth-order valence-corrected chi connectivity index (χ4v) is 4.43. The second-order valence-electron chi connectivity index (χ2n) is 7.21. The van der Waals surface area contributed by atoms with Gasteiger partial charge in [-0.2, -0.15) is 0 Å². The molecule has 1 fully saturated rings. The van der Waals surface area contributed by atoms with Crippen molar-refractivity contribution in [2.24, 2.45) is 0 Å². The number of ether oxygens (including phenoxy) is 1. The Hall–Kier alpha value is -2.13. The molecule has 1 amide bonds. The van der Waals surface area contributed by atoms with Crippen LogP contribution < -0.4 is 9.62 Å². The van der Waals surface area contributed by atoms with Crippen LogP contribution in [0, 0.1) is 0 Å². The zero-order valence-electron chi connectivity index (χ0n) is 16.9. The second kappa shape index (κ2) is 10.3. The van der Waals surface area contributed by atoms with Crippen molar-refractivity contribution in [1.29, 1.82) is 0 Å². The third-order valence-electron chi connectivity index (χ3n) is 4.80. The van der Waals surface area contributed by atoms with Crippen LogP contribution >= 0.6 is 11.6 Å². The smallest absolute Gasteiger partial charge is 0.241 e. The summed E-state index contributed by atoms with van der Waals surface area (Å²) >= 11 is 6.13.